The zero-order chi connectivity index (χ0) is 29.0. The minimum atomic E-state index is -2.87. The SMILES string of the molecule is CN(C)[C@H]1CCCC[C@@H]1NCc1cc(C(C)(C)C)cc([Si](c2ccccc2)(c2ccccc2)c2ccccc2)c1O. The number of benzene rings is 4. The van der Waals surface area contributed by atoms with E-state index in [4.69, 9.17) is 0 Å². The molecule has 0 saturated heterocycles. The van der Waals surface area contributed by atoms with E-state index in [1.807, 2.05) is 0 Å². The molecule has 4 aromatic rings. The van der Waals surface area contributed by atoms with Gasteiger partial charge in [0.2, 0.25) is 0 Å². The lowest BCUT2D eigenvalue weighted by Gasteiger charge is -2.38. The maximum atomic E-state index is 12.4. The molecular formula is C37H46N2OSi. The van der Waals surface area contributed by atoms with Crippen LogP contribution in [0.15, 0.2) is 103 Å². The number of phenolic OH excluding ortho intramolecular Hbond substituents is 1. The number of nitrogens with one attached hydrogen (secondary N) is 1. The first kappa shape index (κ1) is 29.3. The molecule has 214 valence electrons. The minimum Gasteiger partial charge on any atom is -0.508 e. The van der Waals surface area contributed by atoms with Gasteiger partial charge in [-0.1, -0.05) is 137 Å². The number of hydrogen-bond donors (Lipinski definition) is 2. The monoisotopic (exact) mass is 562 g/mol. The van der Waals surface area contributed by atoms with Crippen molar-refractivity contribution in [2.24, 2.45) is 0 Å². The van der Waals surface area contributed by atoms with Crippen molar-refractivity contribution in [2.75, 3.05) is 14.1 Å². The molecule has 0 spiro atoms. The third kappa shape index (κ3) is 5.92. The molecule has 1 aliphatic rings. The predicted octanol–water partition coefficient (Wildman–Crippen LogP) is 5.03. The molecule has 1 aliphatic carbocycles. The van der Waals surface area contributed by atoms with Crippen LogP contribution >= 0.6 is 0 Å². The van der Waals surface area contributed by atoms with Gasteiger partial charge >= 0.3 is 0 Å². The zero-order valence-corrected chi connectivity index (χ0v) is 26.4. The lowest BCUT2D eigenvalue weighted by atomic mass is 9.85. The summed E-state index contributed by atoms with van der Waals surface area (Å²) in [7, 11) is 1.52. The second-order valence-corrected chi connectivity index (χ2v) is 16.7. The number of phenols is 1. The van der Waals surface area contributed by atoms with E-state index in [2.05, 4.69) is 148 Å². The van der Waals surface area contributed by atoms with E-state index in [0.717, 1.165) is 10.8 Å². The Bertz CT molecular complexity index is 1320. The van der Waals surface area contributed by atoms with E-state index >= 15 is 0 Å². The smallest absolute Gasteiger partial charge is 0.183 e. The van der Waals surface area contributed by atoms with Crippen molar-refractivity contribution in [1.29, 1.82) is 0 Å². The van der Waals surface area contributed by atoms with Crippen LogP contribution in [0, 0.1) is 0 Å². The number of aromatic hydroxyl groups is 1. The highest BCUT2D eigenvalue weighted by Gasteiger charge is 2.44. The summed E-state index contributed by atoms with van der Waals surface area (Å²) in [6.45, 7) is 7.49. The molecule has 0 aromatic heterocycles. The van der Waals surface area contributed by atoms with Crippen molar-refractivity contribution < 1.29 is 5.11 Å². The highest BCUT2D eigenvalue weighted by atomic mass is 28.3. The third-order valence-corrected chi connectivity index (χ3v) is 13.8. The summed E-state index contributed by atoms with van der Waals surface area (Å²) in [5.74, 6) is 0.436. The topological polar surface area (TPSA) is 35.5 Å². The molecule has 41 heavy (non-hydrogen) atoms. The molecule has 0 bridgehead atoms. The van der Waals surface area contributed by atoms with Crippen LogP contribution in [0.4, 0.5) is 0 Å². The number of nitrogens with zero attached hydrogens (tertiary/aromatic N) is 1. The summed E-state index contributed by atoms with van der Waals surface area (Å²) in [6.07, 6.45) is 4.94. The van der Waals surface area contributed by atoms with E-state index in [9.17, 15) is 5.11 Å². The lowest BCUT2D eigenvalue weighted by molar-refractivity contribution is 0.175. The van der Waals surface area contributed by atoms with Crippen molar-refractivity contribution in [3.8, 4) is 5.75 Å². The highest BCUT2D eigenvalue weighted by molar-refractivity contribution is 7.20. The molecular weight excluding hydrogens is 517 g/mol. The van der Waals surface area contributed by atoms with Crippen molar-refractivity contribution in [3.05, 3.63) is 114 Å². The predicted molar refractivity (Wildman–Crippen MR) is 177 cm³/mol. The lowest BCUT2D eigenvalue weighted by Crippen LogP contribution is -2.75. The molecule has 0 unspecified atom stereocenters. The van der Waals surface area contributed by atoms with Gasteiger partial charge in [0.05, 0.1) is 0 Å². The Kier molecular flexibility index (Phi) is 8.84. The van der Waals surface area contributed by atoms with Crippen molar-refractivity contribution >= 4 is 28.8 Å². The molecule has 3 nitrogen and oxygen atoms in total. The standard InChI is InChI=1S/C37H46N2OSi/c1-37(2,3)29-25-28(27-38-33-23-15-16-24-34(33)39(4)5)36(40)35(26-29)41(30-17-9-6-10-18-30,31-19-11-7-12-20-31)32-21-13-8-14-22-32/h6-14,17-22,25-26,33-34,38,40H,15-16,23-24,27H2,1-5H3/t33-,34-/m0/s1. The molecule has 0 radical (unpaired) electrons. The molecule has 4 aromatic carbocycles. The Labute approximate surface area is 248 Å². The van der Waals surface area contributed by atoms with Crippen molar-refractivity contribution in [2.45, 2.75) is 70.5 Å². The fraction of sp³-hybridized carbons (Fsp3) is 0.351. The number of rotatable bonds is 8. The van der Waals surface area contributed by atoms with Gasteiger partial charge in [-0.15, -0.1) is 0 Å². The van der Waals surface area contributed by atoms with Crippen LogP contribution in [0.1, 0.15) is 57.6 Å². The van der Waals surface area contributed by atoms with Crippen LogP contribution in [-0.2, 0) is 12.0 Å². The van der Waals surface area contributed by atoms with Crippen LogP contribution in [0.25, 0.3) is 0 Å². The Hall–Kier alpha value is -3.18. The normalized spacial score (nSPS) is 18.0. The van der Waals surface area contributed by atoms with Gasteiger partial charge in [0.1, 0.15) is 5.75 Å². The second kappa shape index (κ2) is 12.4. The summed E-state index contributed by atoms with van der Waals surface area (Å²) >= 11 is 0. The molecule has 2 N–H and O–H groups in total. The van der Waals surface area contributed by atoms with Crippen LogP contribution in [0.5, 0.6) is 5.75 Å². The summed E-state index contributed by atoms with van der Waals surface area (Å²) in [5.41, 5.74) is 2.18. The fourth-order valence-electron chi connectivity index (χ4n) is 6.79. The van der Waals surface area contributed by atoms with Crippen molar-refractivity contribution in [1.82, 2.24) is 10.2 Å². The minimum absolute atomic E-state index is 0.0710. The van der Waals surface area contributed by atoms with Gasteiger partial charge in [-0.2, -0.15) is 0 Å². The maximum absolute atomic E-state index is 12.4. The quantitative estimate of drug-likeness (QED) is 0.234. The second-order valence-electron chi connectivity index (χ2n) is 12.9. The van der Waals surface area contributed by atoms with Gasteiger partial charge in [-0.3, -0.25) is 0 Å². The molecule has 1 fully saturated rings. The van der Waals surface area contributed by atoms with Gasteiger partial charge in [-0.05, 0) is 58.7 Å². The van der Waals surface area contributed by atoms with Crippen LogP contribution in [0.3, 0.4) is 0 Å². The summed E-state index contributed by atoms with van der Waals surface area (Å²) in [5, 5.41) is 21.2. The van der Waals surface area contributed by atoms with Gasteiger partial charge in [0, 0.05) is 24.2 Å². The molecule has 0 heterocycles. The van der Waals surface area contributed by atoms with E-state index in [1.54, 1.807) is 0 Å². The van der Waals surface area contributed by atoms with Gasteiger partial charge in [0.15, 0.2) is 8.07 Å². The van der Waals surface area contributed by atoms with Gasteiger partial charge < -0.3 is 15.3 Å². The van der Waals surface area contributed by atoms with E-state index in [-0.39, 0.29) is 5.41 Å². The molecule has 4 heteroatoms. The van der Waals surface area contributed by atoms with Gasteiger partial charge in [-0.25, -0.2) is 0 Å². The summed E-state index contributed by atoms with van der Waals surface area (Å²) in [4.78, 5) is 2.37. The third-order valence-electron chi connectivity index (χ3n) is 9.03. The molecule has 1 saturated carbocycles. The number of likely N-dealkylation sites (N-methyl/N-ethyl adjacent to an activating group) is 1. The first-order valence-electron chi connectivity index (χ1n) is 15.2. The highest BCUT2D eigenvalue weighted by Crippen LogP contribution is 2.30. The summed E-state index contributed by atoms with van der Waals surface area (Å²) in [6, 6.07) is 38.2. The van der Waals surface area contributed by atoms with Crippen LogP contribution < -0.4 is 26.1 Å². The average Bonchev–Trinajstić information content (AvgIpc) is 2.99. The van der Waals surface area contributed by atoms with Crippen molar-refractivity contribution in [3.63, 3.8) is 0 Å². The number of hydrogen-bond acceptors (Lipinski definition) is 3. The molecule has 5 rings (SSSR count). The average molecular weight is 563 g/mol. The fourth-order valence-corrected chi connectivity index (χ4v) is 11.7. The molecule has 0 amide bonds. The van der Waals surface area contributed by atoms with Crippen LogP contribution in [-0.4, -0.2) is 44.3 Å². The Morgan fingerprint density at radius 2 is 1.24 bits per heavy atom. The van der Waals surface area contributed by atoms with E-state index < -0.39 is 8.07 Å². The van der Waals surface area contributed by atoms with Crippen LogP contribution in [0.2, 0.25) is 0 Å². The Morgan fingerprint density at radius 3 is 1.71 bits per heavy atom. The maximum Gasteiger partial charge on any atom is 0.183 e. The van der Waals surface area contributed by atoms with E-state index in [0.29, 0.717) is 24.4 Å². The van der Waals surface area contributed by atoms with Gasteiger partial charge in [0.25, 0.3) is 0 Å². The Morgan fingerprint density at radius 1 is 0.756 bits per heavy atom. The molecule has 2 atom stereocenters. The first-order chi connectivity index (χ1) is 19.7. The first-order valence-corrected chi connectivity index (χ1v) is 17.2. The largest absolute Gasteiger partial charge is 0.508 e. The van der Waals surface area contributed by atoms with E-state index in [1.165, 1.54) is 46.8 Å². The Balaban J connectivity index is 1.75. The molecule has 0 aliphatic heterocycles. The zero-order valence-electron chi connectivity index (χ0n) is 25.4. The summed E-state index contributed by atoms with van der Waals surface area (Å²) < 4.78 is 0.